The molecule has 46 heavy (non-hydrogen) atoms. The van der Waals surface area contributed by atoms with E-state index in [0.29, 0.717) is 50.3 Å². The van der Waals surface area contributed by atoms with Gasteiger partial charge in [0.25, 0.3) is 0 Å². The molecule has 2 aliphatic rings. The molecule has 8 heteroatoms. The second kappa shape index (κ2) is 10.2. The van der Waals surface area contributed by atoms with Crippen molar-refractivity contribution in [3.63, 3.8) is 0 Å². The molecular formula is C38H40O8. The van der Waals surface area contributed by atoms with Crippen LogP contribution < -0.4 is 25.5 Å². The molecule has 2 aromatic carbocycles. The van der Waals surface area contributed by atoms with E-state index in [-0.39, 0.29) is 11.2 Å². The molecule has 0 spiro atoms. The van der Waals surface area contributed by atoms with Crippen LogP contribution in [0.1, 0.15) is 83.7 Å². The van der Waals surface area contributed by atoms with Crippen LogP contribution in [0.25, 0.3) is 28.0 Å². The van der Waals surface area contributed by atoms with Crippen LogP contribution >= 0.6 is 0 Å². The van der Waals surface area contributed by atoms with Gasteiger partial charge in [0, 0.05) is 33.4 Å². The van der Waals surface area contributed by atoms with E-state index in [2.05, 4.69) is 13.2 Å². The minimum absolute atomic E-state index is 0.250. The molecule has 2 unspecified atom stereocenters. The molecule has 4 heterocycles. The number of allylic oxidation sites excluding steroid dienone is 2. The Balaban J connectivity index is 1.75. The number of aliphatic hydroxyl groups excluding tert-OH is 1. The fourth-order valence-electron chi connectivity index (χ4n) is 6.13. The average Bonchev–Trinajstić information content (AvgIpc) is 2.97. The van der Waals surface area contributed by atoms with Gasteiger partial charge in [-0.1, -0.05) is 39.8 Å². The monoisotopic (exact) mass is 624 g/mol. The van der Waals surface area contributed by atoms with Crippen LogP contribution in [-0.2, 0) is 10.8 Å². The number of rotatable bonds is 6. The summed E-state index contributed by atoms with van der Waals surface area (Å²) in [5.74, 6) is 1.22. The van der Waals surface area contributed by atoms with Crippen molar-refractivity contribution in [2.45, 2.75) is 89.6 Å². The quantitative estimate of drug-likeness (QED) is 0.172. The van der Waals surface area contributed by atoms with Gasteiger partial charge in [0.2, 0.25) is 0 Å². The second-order valence-corrected chi connectivity index (χ2v) is 14.4. The largest absolute Gasteiger partial charge is 0.484 e. The number of hydrogen-bond donors (Lipinski definition) is 1. The number of benzene rings is 2. The van der Waals surface area contributed by atoms with E-state index in [0.717, 1.165) is 0 Å². The summed E-state index contributed by atoms with van der Waals surface area (Å²) in [5, 5.41) is 13.0. The highest BCUT2D eigenvalue weighted by molar-refractivity contribution is 5.96. The van der Waals surface area contributed by atoms with Crippen LogP contribution in [0.3, 0.4) is 0 Å². The topological polar surface area (TPSA) is 108 Å². The molecule has 1 N–H and O–H groups in total. The van der Waals surface area contributed by atoms with E-state index in [1.54, 1.807) is 50.3 Å². The third-order valence-electron chi connectivity index (χ3n) is 9.20. The predicted molar refractivity (Wildman–Crippen MR) is 179 cm³/mol. The Hall–Kier alpha value is -4.56. The molecular weight excluding hydrogens is 584 g/mol. The van der Waals surface area contributed by atoms with Crippen molar-refractivity contribution in [3.05, 3.63) is 105 Å². The lowest BCUT2D eigenvalue weighted by molar-refractivity contribution is -0.102. The summed E-state index contributed by atoms with van der Waals surface area (Å²) in [7, 11) is 0. The normalized spacial score (nSPS) is 19.9. The highest BCUT2D eigenvalue weighted by Gasteiger charge is 2.47. The Bertz CT molecular complexity index is 2090. The van der Waals surface area contributed by atoms with Gasteiger partial charge in [-0.15, -0.1) is 13.2 Å². The van der Waals surface area contributed by atoms with Gasteiger partial charge in [-0.05, 0) is 64.1 Å². The van der Waals surface area contributed by atoms with E-state index < -0.39 is 45.5 Å². The number of hydrogen-bond acceptors (Lipinski definition) is 8. The first kappa shape index (κ1) is 31.4. The van der Waals surface area contributed by atoms with Gasteiger partial charge < -0.3 is 28.2 Å². The standard InChI is InChI=1S/C38H40O8/c1-11-35(3,4)23-19-22-29(21-17-18-37(7,8)46-31(21)27(36(5,6)12-2)30(22)44-34(23)41)43-32-26-24(45-38(9,10)33(32)40)15-13-20-14-16-25(39)42-28(20)26/h11-19,32-33,40H,1-2H2,3-10H3. The van der Waals surface area contributed by atoms with E-state index >= 15 is 0 Å². The summed E-state index contributed by atoms with van der Waals surface area (Å²) in [6, 6.07) is 8.34. The summed E-state index contributed by atoms with van der Waals surface area (Å²) in [6.07, 6.45) is 5.06. The summed E-state index contributed by atoms with van der Waals surface area (Å²) in [5.41, 5.74) is -1.72. The van der Waals surface area contributed by atoms with Gasteiger partial charge in [-0.25, -0.2) is 9.59 Å². The lowest BCUT2D eigenvalue weighted by atomic mass is 9.79. The number of fused-ring (bicyclic) bond motifs is 5. The molecule has 0 bridgehead atoms. The van der Waals surface area contributed by atoms with Crippen molar-refractivity contribution >= 4 is 28.0 Å². The molecule has 0 saturated heterocycles. The van der Waals surface area contributed by atoms with E-state index in [1.807, 2.05) is 53.7 Å². The van der Waals surface area contributed by atoms with Crippen LogP contribution in [0, 0.1) is 0 Å². The van der Waals surface area contributed by atoms with E-state index in [4.69, 9.17) is 23.0 Å². The van der Waals surface area contributed by atoms with Gasteiger partial charge in [0.05, 0.1) is 16.5 Å². The van der Waals surface area contributed by atoms with Crippen molar-refractivity contribution in [2.24, 2.45) is 0 Å². The molecule has 0 radical (unpaired) electrons. The predicted octanol–water partition coefficient (Wildman–Crippen LogP) is 7.66. The summed E-state index contributed by atoms with van der Waals surface area (Å²) in [6.45, 7) is 23.1. The Morgan fingerprint density at radius 1 is 0.913 bits per heavy atom. The van der Waals surface area contributed by atoms with Crippen molar-refractivity contribution in [1.29, 1.82) is 0 Å². The van der Waals surface area contributed by atoms with E-state index in [9.17, 15) is 14.7 Å². The average molecular weight is 625 g/mol. The summed E-state index contributed by atoms with van der Waals surface area (Å²) in [4.78, 5) is 26.1. The Labute approximate surface area is 267 Å². The van der Waals surface area contributed by atoms with Crippen molar-refractivity contribution in [3.8, 4) is 17.2 Å². The molecule has 0 aliphatic carbocycles. The van der Waals surface area contributed by atoms with Gasteiger partial charge in [-0.2, -0.15) is 0 Å². The first-order valence-electron chi connectivity index (χ1n) is 15.4. The van der Waals surface area contributed by atoms with Crippen LogP contribution in [0.15, 0.2) is 80.1 Å². The van der Waals surface area contributed by atoms with Crippen LogP contribution in [-0.4, -0.2) is 22.4 Å². The van der Waals surface area contributed by atoms with Gasteiger partial charge >= 0.3 is 11.3 Å². The molecule has 0 amide bonds. The molecule has 6 rings (SSSR count). The van der Waals surface area contributed by atoms with Crippen LogP contribution in [0.4, 0.5) is 0 Å². The molecule has 2 aliphatic heterocycles. The lowest BCUT2D eigenvalue weighted by Crippen LogP contribution is -2.50. The highest BCUT2D eigenvalue weighted by Crippen LogP contribution is 2.53. The minimum Gasteiger partial charge on any atom is -0.484 e. The second-order valence-electron chi connectivity index (χ2n) is 14.4. The molecule has 2 aromatic heterocycles. The van der Waals surface area contributed by atoms with E-state index in [1.165, 1.54) is 6.07 Å². The number of ether oxygens (including phenoxy) is 3. The van der Waals surface area contributed by atoms with Crippen molar-refractivity contribution in [1.82, 2.24) is 0 Å². The molecule has 4 aromatic rings. The maximum Gasteiger partial charge on any atom is 0.340 e. The maximum atomic E-state index is 13.6. The minimum atomic E-state index is -1.21. The molecule has 240 valence electrons. The number of aliphatic hydroxyl groups is 1. The molecule has 2 atom stereocenters. The van der Waals surface area contributed by atoms with Crippen molar-refractivity contribution in [2.75, 3.05) is 0 Å². The zero-order chi connectivity index (χ0) is 33.6. The zero-order valence-corrected chi connectivity index (χ0v) is 27.6. The van der Waals surface area contributed by atoms with Gasteiger partial charge in [-0.3, -0.25) is 0 Å². The summed E-state index contributed by atoms with van der Waals surface area (Å²) >= 11 is 0. The Kier molecular flexibility index (Phi) is 6.98. The molecule has 8 nitrogen and oxygen atoms in total. The van der Waals surface area contributed by atoms with Crippen molar-refractivity contribution < 1.29 is 28.2 Å². The SMILES string of the molecule is C=CC(C)(C)c1cc2c(OC3c4c(ccc5ccc(=O)oc45)OC(C)(C)C3O)c3c(c(C(C)(C)C=C)c2oc1=O)OC(C)(C)C=C3. The van der Waals surface area contributed by atoms with Crippen LogP contribution in [0.2, 0.25) is 0 Å². The smallest absolute Gasteiger partial charge is 0.340 e. The van der Waals surface area contributed by atoms with Gasteiger partial charge in [0.15, 0.2) is 6.10 Å². The highest BCUT2D eigenvalue weighted by atomic mass is 16.5. The molecule has 0 saturated carbocycles. The molecule has 0 fully saturated rings. The third kappa shape index (κ3) is 4.87. The fourth-order valence-corrected chi connectivity index (χ4v) is 6.13. The Morgan fingerprint density at radius 2 is 1.59 bits per heavy atom. The Morgan fingerprint density at radius 3 is 2.26 bits per heavy atom. The maximum absolute atomic E-state index is 13.6. The summed E-state index contributed by atoms with van der Waals surface area (Å²) < 4.78 is 31.7. The first-order chi connectivity index (χ1) is 21.4. The first-order valence-corrected chi connectivity index (χ1v) is 15.4. The van der Waals surface area contributed by atoms with Gasteiger partial charge in [0.1, 0.15) is 45.7 Å². The van der Waals surface area contributed by atoms with Crippen LogP contribution in [0.5, 0.6) is 17.2 Å². The third-order valence-corrected chi connectivity index (χ3v) is 9.20. The lowest BCUT2D eigenvalue weighted by Gasteiger charge is -2.42. The fraction of sp³-hybridized carbons (Fsp3) is 0.368. The zero-order valence-electron chi connectivity index (χ0n) is 27.6.